The zero-order valence-electron chi connectivity index (χ0n) is 21.1. The highest BCUT2D eigenvalue weighted by Gasteiger charge is 2.42. The van der Waals surface area contributed by atoms with Gasteiger partial charge in [-0.3, -0.25) is 9.59 Å². The summed E-state index contributed by atoms with van der Waals surface area (Å²) in [5, 5.41) is 0. The number of hydrogen-bond donors (Lipinski definition) is 0. The molecule has 1 aromatic heterocycles. The molecule has 3 aromatic rings. The van der Waals surface area contributed by atoms with Crippen molar-refractivity contribution in [2.75, 3.05) is 6.16 Å². The van der Waals surface area contributed by atoms with Gasteiger partial charge in [-0.1, -0.05) is 35.4 Å². The maximum Gasteiger partial charge on any atom is 0.243 e. The van der Waals surface area contributed by atoms with Crippen LogP contribution in [-0.4, -0.2) is 21.8 Å². The Labute approximate surface area is 213 Å². The number of aromatic nitrogens is 2. The van der Waals surface area contributed by atoms with Crippen molar-refractivity contribution in [3.8, 4) is 0 Å². The highest BCUT2D eigenvalue weighted by Crippen LogP contribution is 2.54. The molecule has 0 unspecified atom stereocenters. The van der Waals surface area contributed by atoms with E-state index in [1.54, 1.807) is 0 Å². The van der Waals surface area contributed by atoms with Gasteiger partial charge in [0, 0.05) is 17.3 Å². The van der Waals surface area contributed by atoms with Crippen LogP contribution in [0, 0.1) is 41.5 Å². The fourth-order valence-electron chi connectivity index (χ4n) is 4.80. The van der Waals surface area contributed by atoms with Crippen molar-refractivity contribution in [2.24, 2.45) is 7.05 Å². The highest BCUT2D eigenvalue weighted by atomic mass is 79.9. The first-order valence-corrected chi connectivity index (χ1v) is 13.2. The topological polar surface area (TPSA) is 60.0 Å². The minimum absolute atomic E-state index is 0. The van der Waals surface area contributed by atoms with Crippen molar-refractivity contribution in [3.63, 3.8) is 0 Å². The van der Waals surface area contributed by atoms with Crippen molar-refractivity contribution in [2.45, 2.75) is 54.5 Å². The van der Waals surface area contributed by atoms with Crippen LogP contribution in [0.15, 0.2) is 43.0 Å². The van der Waals surface area contributed by atoms with Crippen LogP contribution in [-0.2, 0) is 18.2 Å². The van der Waals surface area contributed by atoms with E-state index in [9.17, 15) is 14.2 Å². The molecule has 5 nitrogen and oxygen atoms in total. The van der Waals surface area contributed by atoms with Gasteiger partial charge in [0.1, 0.15) is 12.4 Å². The predicted octanol–water partition coefficient (Wildman–Crippen LogP) is 6.18. The van der Waals surface area contributed by atoms with E-state index in [0.29, 0.717) is 24.1 Å². The molecule has 0 aliphatic carbocycles. The third kappa shape index (κ3) is 5.67. The van der Waals surface area contributed by atoms with Gasteiger partial charge in [-0.2, -0.15) is 0 Å². The number of hydrogen-bond acceptors (Lipinski definition) is 3. The number of benzene rings is 2. The fraction of sp³-hybridized carbons (Fsp3) is 0.370. The Morgan fingerprint density at radius 2 is 1.24 bits per heavy atom. The molecule has 0 atom stereocenters. The summed E-state index contributed by atoms with van der Waals surface area (Å²) in [6.07, 6.45) is 6.30. The molecule has 0 aliphatic rings. The van der Waals surface area contributed by atoms with Crippen LogP contribution in [0.25, 0.3) is 0 Å². The Morgan fingerprint density at radius 1 is 0.824 bits per heavy atom. The quantitative estimate of drug-likeness (QED) is 0.251. The molecule has 0 radical (unpaired) electrons. The predicted molar refractivity (Wildman–Crippen MR) is 143 cm³/mol. The maximum atomic E-state index is 14.5. The van der Waals surface area contributed by atoms with Crippen LogP contribution in [0.5, 0.6) is 0 Å². The largest absolute Gasteiger partial charge is 0.307 e. The Balaban J connectivity index is 0.00000408. The normalized spacial score (nSPS) is 11.3. The summed E-state index contributed by atoms with van der Waals surface area (Å²) in [6.45, 7) is 11.9. The van der Waals surface area contributed by atoms with Crippen LogP contribution in [0.3, 0.4) is 0 Å². The smallest absolute Gasteiger partial charge is 0.243 e. The van der Waals surface area contributed by atoms with E-state index >= 15 is 0 Å². The van der Waals surface area contributed by atoms with Gasteiger partial charge in [0.15, 0.2) is 0 Å². The molecule has 0 fully saturated rings. The first-order valence-electron chi connectivity index (χ1n) is 11.3. The van der Waals surface area contributed by atoms with E-state index < -0.39 is 18.2 Å². The van der Waals surface area contributed by atoms with Crippen molar-refractivity contribution < 1.29 is 18.7 Å². The Kier molecular flexibility index (Phi) is 9.01. The van der Waals surface area contributed by atoms with Gasteiger partial charge in [0.05, 0.1) is 13.6 Å². The summed E-state index contributed by atoms with van der Waals surface area (Å²) in [7, 11) is -1.98. The van der Waals surface area contributed by atoms with Crippen LogP contribution < -0.4 is 4.57 Å². The second-order valence-corrected chi connectivity index (χ2v) is 12.0. The lowest BCUT2D eigenvalue weighted by Crippen LogP contribution is -2.24. The molecule has 0 aliphatic heterocycles. The molecule has 0 N–H and O–H groups in total. The summed E-state index contributed by atoms with van der Waals surface area (Å²) in [4.78, 5) is 27.8. The summed E-state index contributed by atoms with van der Waals surface area (Å²) in [5.74, 6) is 0. The first-order chi connectivity index (χ1) is 15.4. The average molecular weight is 546 g/mol. The van der Waals surface area contributed by atoms with Gasteiger partial charge in [-0.05, 0) is 70.2 Å². The molecule has 182 valence electrons. The lowest BCUT2D eigenvalue weighted by atomic mass is 10.0. The molecule has 0 saturated carbocycles. The highest BCUT2D eigenvalue weighted by molar-refractivity contribution is 8.93. The van der Waals surface area contributed by atoms with Gasteiger partial charge in [-0.15, -0.1) is 17.0 Å². The van der Waals surface area contributed by atoms with E-state index in [1.807, 2.05) is 101 Å². The lowest BCUT2D eigenvalue weighted by molar-refractivity contribution is -0.671. The fourth-order valence-corrected chi connectivity index (χ4v) is 7.41. The third-order valence-electron chi connectivity index (χ3n) is 6.15. The van der Waals surface area contributed by atoms with Crippen molar-refractivity contribution in [3.05, 3.63) is 87.5 Å². The van der Waals surface area contributed by atoms with Crippen LogP contribution in [0.2, 0.25) is 0 Å². The summed E-state index contributed by atoms with van der Waals surface area (Å²) in [6, 6.07) is 7.66. The molecule has 7 heteroatoms. The van der Waals surface area contributed by atoms with Crippen LogP contribution in [0.4, 0.5) is 0 Å². The molecular weight excluding hydrogens is 511 g/mol. The number of aryl methyl sites for hydroxylation is 8. The van der Waals surface area contributed by atoms with Crippen molar-refractivity contribution in [1.82, 2.24) is 4.57 Å². The van der Waals surface area contributed by atoms with E-state index in [1.165, 1.54) is 0 Å². The van der Waals surface area contributed by atoms with Crippen molar-refractivity contribution in [1.29, 1.82) is 0 Å². The van der Waals surface area contributed by atoms with Crippen molar-refractivity contribution >= 4 is 35.2 Å². The van der Waals surface area contributed by atoms with Gasteiger partial charge in [-0.25, -0.2) is 9.13 Å². The second-order valence-electron chi connectivity index (χ2n) is 9.29. The maximum absolute atomic E-state index is 14.5. The van der Waals surface area contributed by atoms with Gasteiger partial charge >= 0.3 is 0 Å². The summed E-state index contributed by atoms with van der Waals surface area (Å²) >= 11 is 0. The van der Waals surface area contributed by atoms with Crippen LogP contribution >= 0.6 is 24.1 Å². The monoisotopic (exact) mass is 545 g/mol. The Bertz CT molecular complexity index is 1170. The summed E-state index contributed by atoms with van der Waals surface area (Å²) in [5.41, 5.74) is 4.95. The third-order valence-corrected chi connectivity index (χ3v) is 8.86. The second kappa shape index (κ2) is 11.0. The molecule has 0 saturated heterocycles. The molecule has 34 heavy (non-hydrogen) atoms. The number of carbonyl (C=O) groups excluding carboxylic acids is 2. The molecule has 1 heterocycles. The van der Waals surface area contributed by atoms with E-state index in [-0.39, 0.29) is 23.1 Å². The number of nitrogens with zero attached hydrogens (tertiary/aromatic N) is 2. The molecule has 0 bridgehead atoms. The molecular formula is C27H35BrN2O3P+. The molecule has 0 spiro atoms. The van der Waals surface area contributed by atoms with E-state index in [0.717, 1.165) is 33.4 Å². The average Bonchev–Trinajstić information content (AvgIpc) is 3.11. The summed E-state index contributed by atoms with van der Waals surface area (Å²) < 4.78 is 18.4. The first kappa shape index (κ1) is 27.9. The Morgan fingerprint density at radius 3 is 1.59 bits per heavy atom. The van der Waals surface area contributed by atoms with E-state index in [2.05, 4.69) is 0 Å². The Hall–Kier alpha value is -2.30. The number of rotatable bonds is 8. The van der Waals surface area contributed by atoms with Gasteiger partial charge < -0.3 is 4.57 Å². The number of halogens is 1. The molecule has 3 rings (SSSR count). The number of carbonyl (C=O) groups is 2. The SMILES string of the molecule is Br.Cc1cc(C)c(C(=O)P(=O)(CCCn2cc[n+](C)c2)C(=O)c2c(C)cc(C)cc2C)c(C)c1. The zero-order valence-corrected chi connectivity index (χ0v) is 23.7. The standard InChI is InChI=1S/C27H34N2O3P.BrH/c1-18-13-20(3)24(21(4)14-18)26(30)33(32,12-8-9-29-11-10-28(7)17-29)27(31)25-22(5)15-19(2)16-23(25)6;/h10-11,13-17H,8-9,12H2,1-7H3;1H/q+1;. The molecule has 2 aromatic carbocycles. The number of imidazole rings is 1. The zero-order chi connectivity index (χ0) is 24.5. The molecule has 0 amide bonds. The van der Waals surface area contributed by atoms with E-state index in [4.69, 9.17) is 0 Å². The van der Waals surface area contributed by atoms with Gasteiger partial charge in [0.25, 0.3) is 0 Å². The minimum atomic E-state index is -3.91. The van der Waals surface area contributed by atoms with Gasteiger partial charge in [0.2, 0.25) is 24.5 Å². The van der Waals surface area contributed by atoms with Crippen LogP contribution in [0.1, 0.15) is 60.5 Å². The lowest BCUT2D eigenvalue weighted by Gasteiger charge is -2.21. The minimum Gasteiger partial charge on any atom is -0.307 e.